The molecule has 0 fully saturated rings. The number of pyridine rings is 1. The molecule has 0 radical (unpaired) electrons. The lowest BCUT2D eigenvalue weighted by Gasteiger charge is -2.08. The number of aromatic nitrogens is 1. The Morgan fingerprint density at radius 2 is 1.95 bits per heavy atom. The van der Waals surface area contributed by atoms with Gasteiger partial charge >= 0.3 is 0 Å². The average molecular weight is 271 g/mol. The molecule has 0 atom stereocenters. The van der Waals surface area contributed by atoms with E-state index < -0.39 is 0 Å². The van der Waals surface area contributed by atoms with E-state index in [1.807, 2.05) is 31.2 Å². The molecular weight excluding hydrogens is 254 g/mol. The molecular formula is C15H17N3O2. The molecule has 0 bridgehead atoms. The molecule has 5 nitrogen and oxygen atoms in total. The van der Waals surface area contributed by atoms with Crippen LogP contribution in [0, 0.1) is 6.92 Å². The number of benzene rings is 1. The Labute approximate surface area is 117 Å². The van der Waals surface area contributed by atoms with Crippen molar-refractivity contribution in [3.8, 4) is 17.0 Å². The third-order valence-electron chi connectivity index (χ3n) is 2.92. The monoisotopic (exact) mass is 271 g/mol. The molecule has 20 heavy (non-hydrogen) atoms. The Hall–Kier alpha value is -2.40. The Bertz CT molecular complexity index is 609. The van der Waals surface area contributed by atoms with Crippen LogP contribution in [-0.2, 0) is 0 Å². The fourth-order valence-corrected chi connectivity index (χ4v) is 1.93. The van der Waals surface area contributed by atoms with Crippen LogP contribution in [0.2, 0.25) is 0 Å². The number of ether oxygens (including phenoxy) is 1. The van der Waals surface area contributed by atoms with Crippen molar-refractivity contribution >= 4 is 5.91 Å². The van der Waals surface area contributed by atoms with E-state index in [4.69, 9.17) is 10.6 Å². The van der Waals surface area contributed by atoms with Gasteiger partial charge in [0, 0.05) is 5.56 Å². The standard InChI is InChI=1S/C15H17N3O2/c1-3-20-12-6-4-11(5-7-12)14-9-8-13(10(2)17-14)15(19)18-16/h4-9H,3,16H2,1-2H3,(H,18,19). The van der Waals surface area contributed by atoms with Gasteiger partial charge in [-0.1, -0.05) is 0 Å². The van der Waals surface area contributed by atoms with Gasteiger partial charge in [-0.05, 0) is 50.2 Å². The number of amides is 1. The van der Waals surface area contributed by atoms with Crippen LogP contribution in [-0.4, -0.2) is 17.5 Å². The van der Waals surface area contributed by atoms with Crippen LogP contribution in [0.4, 0.5) is 0 Å². The second-order valence-corrected chi connectivity index (χ2v) is 4.26. The van der Waals surface area contributed by atoms with E-state index >= 15 is 0 Å². The highest BCUT2D eigenvalue weighted by atomic mass is 16.5. The van der Waals surface area contributed by atoms with Crippen molar-refractivity contribution in [1.82, 2.24) is 10.4 Å². The van der Waals surface area contributed by atoms with Gasteiger partial charge in [0.25, 0.3) is 5.91 Å². The molecule has 1 aromatic carbocycles. The largest absolute Gasteiger partial charge is 0.494 e. The lowest BCUT2D eigenvalue weighted by Crippen LogP contribution is -2.30. The lowest BCUT2D eigenvalue weighted by molar-refractivity contribution is 0.0952. The molecule has 0 saturated carbocycles. The second-order valence-electron chi connectivity index (χ2n) is 4.26. The van der Waals surface area contributed by atoms with E-state index in [0.717, 1.165) is 17.0 Å². The van der Waals surface area contributed by atoms with Crippen LogP contribution >= 0.6 is 0 Å². The van der Waals surface area contributed by atoms with Gasteiger partial charge in [0.15, 0.2) is 0 Å². The third kappa shape index (κ3) is 2.95. The molecule has 0 spiro atoms. The first-order valence-electron chi connectivity index (χ1n) is 6.37. The number of rotatable bonds is 4. The van der Waals surface area contributed by atoms with E-state index in [9.17, 15) is 4.79 Å². The molecule has 1 aromatic heterocycles. The Morgan fingerprint density at radius 3 is 2.50 bits per heavy atom. The van der Waals surface area contributed by atoms with Crippen molar-refractivity contribution in [3.05, 3.63) is 47.7 Å². The van der Waals surface area contributed by atoms with Gasteiger partial charge in [0.05, 0.1) is 23.6 Å². The summed E-state index contributed by atoms with van der Waals surface area (Å²) >= 11 is 0. The predicted octanol–water partition coefficient (Wildman–Crippen LogP) is 2.06. The van der Waals surface area contributed by atoms with Crippen LogP contribution in [0.1, 0.15) is 23.0 Å². The maximum Gasteiger partial charge on any atom is 0.267 e. The first-order valence-corrected chi connectivity index (χ1v) is 6.37. The number of hydrogen-bond acceptors (Lipinski definition) is 4. The zero-order chi connectivity index (χ0) is 14.5. The fraction of sp³-hybridized carbons (Fsp3) is 0.200. The first-order chi connectivity index (χ1) is 9.65. The van der Waals surface area contributed by atoms with Gasteiger partial charge in [-0.3, -0.25) is 15.2 Å². The molecule has 5 heteroatoms. The highest BCUT2D eigenvalue weighted by Crippen LogP contribution is 2.22. The molecule has 0 saturated heterocycles. The Morgan fingerprint density at radius 1 is 1.25 bits per heavy atom. The van der Waals surface area contributed by atoms with Gasteiger partial charge in [0.1, 0.15) is 5.75 Å². The highest BCUT2D eigenvalue weighted by molar-refractivity contribution is 5.95. The number of aryl methyl sites for hydroxylation is 1. The fourth-order valence-electron chi connectivity index (χ4n) is 1.93. The zero-order valence-corrected chi connectivity index (χ0v) is 11.5. The molecule has 0 aliphatic heterocycles. The summed E-state index contributed by atoms with van der Waals surface area (Å²) in [5.74, 6) is 5.61. The summed E-state index contributed by atoms with van der Waals surface area (Å²) in [4.78, 5) is 15.9. The number of hydrogen-bond donors (Lipinski definition) is 2. The summed E-state index contributed by atoms with van der Waals surface area (Å²) in [6.07, 6.45) is 0. The molecule has 1 amide bonds. The van der Waals surface area contributed by atoms with Gasteiger partial charge in [-0.2, -0.15) is 0 Å². The SMILES string of the molecule is CCOc1ccc(-c2ccc(C(=O)NN)c(C)n2)cc1. The molecule has 0 aliphatic carbocycles. The summed E-state index contributed by atoms with van der Waals surface area (Å²) in [6, 6.07) is 11.2. The van der Waals surface area contributed by atoms with Crippen molar-refractivity contribution in [3.63, 3.8) is 0 Å². The number of nitrogens with two attached hydrogens (primary N) is 1. The van der Waals surface area contributed by atoms with E-state index in [1.54, 1.807) is 19.1 Å². The number of nitrogen functional groups attached to an aromatic ring is 1. The summed E-state index contributed by atoms with van der Waals surface area (Å²) in [5.41, 5.74) is 4.99. The summed E-state index contributed by atoms with van der Waals surface area (Å²) in [6.45, 7) is 4.36. The molecule has 0 aliphatic rings. The lowest BCUT2D eigenvalue weighted by atomic mass is 10.1. The normalized spacial score (nSPS) is 10.2. The maximum atomic E-state index is 11.5. The van der Waals surface area contributed by atoms with Crippen LogP contribution in [0.3, 0.4) is 0 Å². The summed E-state index contributed by atoms with van der Waals surface area (Å²) in [5, 5.41) is 0. The van der Waals surface area contributed by atoms with Gasteiger partial charge < -0.3 is 4.74 Å². The van der Waals surface area contributed by atoms with E-state index in [-0.39, 0.29) is 5.91 Å². The molecule has 3 N–H and O–H groups in total. The van der Waals surface area contributed by atoms with Crippen LogP contribution < -0.4 is 16.0 Å². The zero-order valence-electron chi connectivity index (χ0n) is 11.5. The minimum Gasteiger partial charge on any atom is -0.494 e. The second kappa shape index (κ2) is 6.16. The average Bonchev–Trinajstić information content (AvgIpc) is 2.47. The van der Waals surface area contributed by atoms with E-state index in [2.05, 4.69) is 10.4 Å². The minimum atomic E-state index is -0.340. The van der Waals surface area contributed by atoms with E-state index in [0.29, 0.717) is 17.9 Å². The smallest absolute Gasteiger partial charge is 0.267 e. The van der Waals surface area contributed by atoms with Gasteiger partial charge in [-0.15, -0.1) is 0 Å². The van der Waals surface area contributed by atoms with Crippen LogP contribution in [0.15, 0.2) is 36.4 Å². The van der Waals surface area contributed by atoms with Crippen molar-refractivity contribution < 1.29 is 9.53 Å². The van der Waals surface area contributed by atoms with Crippen molar-refractivity contribution in [2.75, 3.05) is 6.61 Å². The van der Waals surface area contributed by atoms with Crippen molar-refractivity contribution in [2.24, 2.45) is 5.84 Å². The molecule has 104 valence electrons. The molecule has 2 aromatic rings. The van der Waals surface area contributed by atoms with Gasteiger partial charge in [0.2, 0.25) is 0 Å². The Kier molecular flexibility index (Phi) is 4.32. The minimum absolute atomic E-state index is 0.340. The number of nitrogens with one attached hydrogen (secondary N) is 1. The summed E-state index contributed by atoms with van der Waals surface area (Å²) in [7, 11) is 0. The van der Waals surface area contributed by atoms with Crippen molar-refractivity contribution in [1.29, 1.82) is 0 Å². The highest BCUT2D eigenvalue weighted by Gasteiger charge is 2.10. The molecule has 0 unspecified atom stereocenters. The van der Waals surface area contributed by atoms with Crippen molar-refractivity contribution in [2.45, 2.75) is 13.8 Å². The number of nitrogens with zero attached hydrogens (tertiary/aromatic N) is 1. The summed E-state index contributed by atoms with van der Waals surface area (Å²) < 4.78 is 5.40. The van der Waals surface area contributed by atoms with Crippen LogP contribution in [0.5, 0.6) is 5.75 Å². The van der Waals surface area contributed by atoms with Gasteiger partial charge in [-0.25, -0.2) is 5.84 Å². The van der Waals surface area contributed by atoms with Crippen LogP contribution in [0.25, 0.3) is 11.3 Å². The molecule has 1 heterocycles. The molecule has 2 rings (SSSR count). The number of hydrazine groups is 1. The topological polar surface area (TPSA) is 77.2 Å². The number of carbonyl (C=O) groups excluding carboxylic acids is 1. The number of carbonyl (C=O) groups is 1. The van der Waals surface area contributed by atoms with E-state index in [1.165, 1.54) is 0 Å². The Balaban J connectivity index is 2.29. The quantitative estimate of drug-likeness (QED) is 0.507. The first kappa shape index (κ1) is 14.0. The predicted molar refractivity (Wildman–Crippen MR) is 77.2 cm³/mol. The third-order valence-corrected chi connectivity index (χ3v) is 2.92. The maximum absolute atomic E-state index is 11.5.